The van der Waals surface area contributed by atoms with Crippen molar-refractivity contribution < 1.29 is 14.6 Å². The fraction of sp³-hybridized carbons (Fsp3) is 0.321. The quantitative estimate of drug-likeness (QED) is 0.336. The Morgan fingerprint density at radius 1 is 1.16 bits per heavy atom. The second-order valence-corrected chi connectivity index (χ2v) is 10.3. The minimum Gasteiger partial charge on any atom is -0.495 e. The molecule has 2 unspecified atom stereocenters. The van der Waals surface area contributed by atoms with E-state index < -0.39 is 0 Å². The lowest BCUT2D eigenvalue weighted by molar-refractivity contribution is 0.134. The predicted octanol–water partition coefficient (Wildman–Crippen LogP) is 4.95. The van der Waals surface area contributed by atoms with Gasteiger partial charge in [-0.15, -0.1) is 0 Å². The van der Waals surface area contributed by atoms with E-state index in [-0.39, 0.29) is 36.5 Å². The number of piperidine rings is 1. The Labute approximate surface area is 224 Å². The molecule has 2 aliphatic rings. The predicted molar refractivity (Wildman–Crippen MR) is 146 cm³/mol. The molecule has 2 fully saturated rings. The summed E-state index contributed by atoms with van der Waals surface area (Å²) < 4.78 is 7.13. The molecule has 6 rings (SSSR count). The molecule has 2 bridgehead atoms. The van der Waals surface area contributed by atoms with E-state index in [2.05, 4.69) is 15.3 Å². The number of ether oxygens (including phenoxy) is 1. The van der Waals surface area contributed by atoms with Crippen LogP contribution in [-0.2, 0) is 6.61 Å². The zero-order valence-corrected chi connectivity index (χ0v) is 21.6. The molecule has 2 aliphatic heterocycles. The third kappa shape index (κ3) is 4.21. The van der Waals surface area contributed by atoms with E-state index in [1.165, 1.54) is 7.11 Å². The molecule has 2 saturated heterocycles. The number of carbonyl (C=O) groups is 1. The maximum atomic E-state index is 13.3. The van der Waals surface area contributed by atoms with Crippen molar-refractivity contribution in [3.8, 4) is 16.9 Å². The number of carbonyl (C=O) groups excluding carboxylic acids is 1. The number of hydrogen-bond acceptors (Lipinski definition) is 5. The number of amides is 2. The first-order chi connectivity index (χ1) is 18.5. The average Bonchev–Trinajstić information content (AvgIpc) is 3.41. The molecule has 38 heavy (non-hydrogen) atoms. The molecular formula is C28H28ClN5O4. The van der Waals surface area contributed by atoms with Crippen molar-refractivity contribution in [3.05, 3.63) is 75.9 Å². The van der Waals surface area contributed by atoms with Crippen LogP contribution in [0.25, 0.3) is 22.2 Å². The number of methoxy groups -OCH3 is 1. The highest BCUT2D eigenvalue weighted by Crippen LogP contribution is 2.42. The monoisotopic (exact) mass is 533 g/mol. The summed E-state index contributed by atoms with van der Waals surface area (Å²) in [6, 6.07) is 14.6. The lowest BCUT2D eigenvalue weighted by Crippen LogP contribution is -2.49. The van der Waals surface area contributed by atoms with Crippen molar-refractivity contribution in [1.82, 2.24) is 19.4 Å². The van der Waals surface area contributed by atoms with E-state index in [0.717, 1.165) is 35.0 Å². The number of halogens is 1. The van der Waals surface area contributed by atoms with Crippen LogP contribution >= 0.6 is 11.6 Å². The standard InChI is InChI=1S/C28H28ClN5O4/c1-38-25-11-17(7-10-23(25)29)31-27(36)33-19-8-9-20(33)13-21(12-19)34-24-4-2-3-22(26(24)32-28(34)37)16-5-6-18(15-35)30-14-16/h2-7,10-11,14,19-21,35H,8-9,12-13,15H2,1H3,(H,31,36)(H,32,37). The highest BCUT2D eigenvalue weighted by atomic mass is 35.5. The first kappa shape index (κ1) is 24.5. The normalized spacial score (nSPS) is 20.6. The molecule has 4 heterocycles. The van der Waals surface area contributed by atoms with Crippen LogP contribution < -0.4 is 15.7 Å². The molecule has 2 aromatic carbocycles. The van der Waals surface area contributed by atoms with Gasteiger partial charge in [-0.25, -0.2) is 9.59 Å². The molecule has 2 aromatic heterocycles. The maximum Gasteiger partial charge on any atom is 0.326 e. The Morgan fingerprint density at radius 2 is 1.95 bits per heavy atom. The largest absolute Gasteiger partial charge is 0.495 e. The number of imidazole rings is 1. The molecule has 9 nitrogen and oxygen atoms in total. The number of nitrogens with zero attached hydrogens (tertiary/aromatic N) is 3. The fourth-order valence-electron chi connectivity index (χ4n) is 6.05. The third-order valence-corrected chi connectivity index (χ3v) is 8.07. The van der Waals surface area contributed by atoms with Crippen LogP contribution in [0.1, 0.15) is 37.4 Å². The van der Waals surface area contributed by atoms with Crippen LogP contribution in [0, 0.1) is 0 Å². The summed E-state index contributed by atoms with van der Waals surface area (Å²) in [5, 5.41) is 12.8. The van der Waals surface area contributed by atoms with Gasteiger partial charge in [-0.1, -0.05) is 29.8 Å². The van der Waals surface area contributed by atoms with Gasteiger partial charge in [-0.3, -0.25) is 9.55 Å². The zero-order chi connectivity index (χ0) is 26.4. The Bertz CT molecular complexity index is 1550. The molecule has 0 saturated carbocycles. The van der Waals surface area contributed by atoms with Crippen LogP contribution in [0.4, 0.5) is 10.5 Å². The van der Waals surface area contributed by atoms with E-state index in [0.29, 0.717) is 35.0 Å². The van der Waals surface area contributed by atoms with Gasteiger partial charge in [0, 0.05) is 47.2 Å². The van der Waals surface area contributed by atoms with Crippen LogP contribution in [0.5, 0.6) is 5.75 Å². The summed E-state index contributed by atoms with van der Waals surface area (Å²) >= 11 is 6.12. The van der Waals surface area contributed by atoms with Crippen LogP contribution in [0.3, 0.4) is 0 Å². The number of fused-ring (bicyclic) bond motifs is 3. The number of aliphatic hydroxyl groups excluding tert-OH is 1. The number of H-pyrrole nitrogens is 1. The summed E-state index contributed by atoms with van der Waals surface area (Å²) in [7, 11) is 1.54. The topological polar surface area (TPSA) is 112 Å². The molecule has 0 spiro atoms. The number of pyridine rings is 1. The van der Waals surface area contributed by atoms with Gasteiger partial charge in [0.05, 0.1) is 35.5 Å². The SMILES string of the molecule is COc1cc(NC(=O)N2C3CCC2CC(n2c(=O)[nH]c4c(-c5ccc(CO)nc5)cccc42)C3)ccc1Cl. The zero-order valence-electron chi connectivity index (χ0n) is 20.9. The van der Waals surface area contributed by atoms with E-state index in [1.807, 2.05) is 33.7 Å². The number of nitrogens with one attached hydrogen (secondary N) is 2. The molecule has 196 valence electrons. The van der Waals surface area contributed by atoms with Gasteiger partial charge in [0.1, 0.15) is 5.75 Å². The van der Waals surface area contributed by atoms with Gasteiger partial charge in [-0.05, 0) is 49.9 Å². The van der Waals surface area contributed by atoms with Gasteiger partial charge in [0.25, 0.3) is 0 Å². The number of para-hydroxylation sites is 1. The summed E-state index contributed by atoms with van der Waals surface area (Å²) in [6.45, 7) is -0.120. The van der Waals surface area contributed by atoms with Crippen molar-refractivity contribution in [3.63, 3.8) is 0 Å². The van der Waals surface area contributed by atoms with Crippen molar-refractivity contribution in [2.24, 2.45) is 0 Å². The number of anilines is 1. The van der Waals surface area contributed by atoms with Gasteiger partial charge >= 0.3 is 11.7 Å². The van der Waals surface area contributed by atoms with E-state index in [4.69, 9.17) is 16.3 Å². The van der Waals surface area contributed by atoms with Crippen LogP contribution in [0.2, 0.25) is 5.02 Å². The van der Waals surface area contributed by atoms with Crippen LogP contribution in [0.15, 0.2) is 59.5 Å². The second-order valence-electron chi connectivity index (χ2n) is 9.89. The number of aromatic amines is 1. The van der Waals surface area contributed by atoms with Crippen molar-refractivity contribution in [2.45, 2.75) is 50.4 Å². The Balaban J connectivity index is 1.25. The first-order valence-electron chi connectivity index (χ1n) is 12.7. The lowest BCUT2D eigenvalue weighted by Gasteiger charge is -2.39. The smallest absolute Gasteiger partial charge is 0.326 e. The summed E-state index contributed by atoms with van der Waals surface area (Å²) in [4.78, 5) is 35.8. The average molecular weight is 534 g/mol. The summed E-state index contributed by atoms with van der Waals surface area (Å²) in [6.07, 6.45) is 4.94. The molecule has 3 N–H and O–H groups in total. The van der Waals surface area contributed by atoms with E-state index in [1.54, 1.807) is 30.5 Å². The van der Waals surface area contributed by atoms with Crippen molar-refractivity contribution in [1.29, 1.82) is 0 Å². The molecule has 10 heteroatoms. The Morgan fingerprint density at radius 3 is 2.63 bits per heavy atom. The van der Waals surface area contributed by atoms with E-state index >= 15 is 0 Å². The molecule has 2 amide bonds. The Kier molecular flexibility index (Phi) is 6.33. The molecule has 4 aromatic rings. The molecule has 0 radical (unpaired) electrons. The number of aromatic nitrogens is 3. The van der Waals surface area contributed by atoms with E-state index in [9.17, 15) is 14.7 Å². The van der Waals surface area contributed by atoms with Gasteiger partial charge in [-0.2, -0.15) is 0 Å². The minimum absolute atomic E-state index is 0.0152. The Hall–Kier alpha value is -3.82. The fourth-order valence-corrected chi connectivity index (χ4v) is 6.24. The highest BCUT2D eigenvalue weighted by molar-refractivity contribution is 6.32. The van der Waals surface area contributed by atoms with Crippen molar-refractivity contribution >= 4 is 34.4 Å². The lowest BCUT2D eigenvalue weighted by atomic mass is 9.97. The maximum absolute atomic E-state index is 13.3. The number of rotatable bonds is 5. The first-order valence-corrected chi connectivity index (χ1v) is 13.1. The molecule has 2 atom stereocenters. The minimum atomic E-state index is -0.150. The molecular weight excluding hydrogens is 506 g/mol. The third-order valence-electron chi connectivity index (χ3n) is 7.76. The number of aliphatic hydroxyl groups is 1. The summed E-state index contributed by atoms with van der Waals surface area (Å²) in [5.41, 5.74) is 4.42. The van der Waals surface area contributed by atoms with Gasteiger partial charge in [0.2, 0.25) is 0 Å². The van der Waals surface area contributed by atoms with Crippen LogP contribution in [-0.4, -0.2) is 49.8 Å². The molecule has 0 aliphatic carbocycles. The van der Waals surface area contributed by atoms with Gasteiger partial charge in [0.15, 0.2) is 0 Å². The second kappa shape index (κ2) is 9.81. The number of hydrogen-bond donors (Lipinski definition) is 3. The number of benzene rings is 2. The van der Waals surface area contributed by atoms with Crippen molar-refractivity contribution in [2.75, 3.05) is 12.4 Å². The van der Waals surface area contributed by atoms with Gasteiger partial charge < -0.3 is 25.0 Å². The highest BCUT2D eigenvalue weighted by Gasteiger charge is 2.44. The number of urea groups is 1. The summed E-state index contributed by atoms with van der Waals surface area (Å²) in [5.74, 6) is 0.504.